The fourth-order valence-corrected chi connectivity index (χ4v) is 3.41. The highest BCUT2D eigenvalue weighted by atomic mass is 35.5. The highest BCUT2D eigenvalue weighted by molar-refractivity contribution is 8.18. The first kappa shape index (κ1) is 16.4. The van der Waals surface area contributed by atoms with Crippen molar-refractivity contribution in [1.82, 2.24) is 5.32 Å². The number of carbonyl (C=O) groups is 1. The second-order valence-corrected chi connectivity index (χ2v) is 6.82. The molecule has 1 saturated heterocycles. The fourth-order valence-electron chi connectivity index (χ4n) is 1.91. The van der Waals surface area contributed by atoms with Crippen LogP contribution in [0, 0.1) is 0 Å². The second kappa shape index (κ2) is 6.97. The molecule has 0 radical (unpaired) electrons. The number of carbonyl (C=O) groups excluding carboxylic acids is 1. The molecule has 116 valence electrons. The van der Waals surface area contributed by atoms with Crippen LogP contribution in [-0.4, -0.2) is 11.1 Å². The van der Waals surface area contributed by atoms with E-state index in [4.69, 9.17) is 34.8 Å². The highest BCUT2D eigenvalue weighted by Crippen LogP contribution is 2.33. The Morgan fingerprint density at radius 3 is 2.30 bits per heavy atom. The van der Waals surface area contributed by atoms with Gasteiger partial charge in [0, 0.05) is 15.6 Å². The number of benzene rings is 2. The van der Waals surface area contributed by atoms with E-state index < -0.39 is 0 Å². The van der Waals surface area contributed by atoms with E-state index in [1.807, 2.05) is 12.1 Å². The lowest BCUT2D eigenvalue weighted by Crippen LogP contribution is -2.19. The zero-order valence-corrected chi connectivity index (χ0v) is 14.6. The predicted molar refractivity (Wildman–Crippen MR) is 98.7 cm³/mol. The van der Waals surface area contributed by atoms with Gasteiger partial charge in [-0.15, -0.1) is 0 Å². The lowest BCUT2D eigenvalue weighted by atomic mass is 10.2. The molecular weight excluding hydrogens is 375 g/mol. The molecule has 1 heterocycles. The lowest BCUT2D eigenvalue weighted by molar-refractivity contribution is -0.115. The Kier molecular flexibility index (Phi) is 4.97. The number of amidine groups is 1. The molecule has 2 aromatic rings. The van der Waals surface area contributed by atoms with Crippen molar-refractivity contribution in [1.29, 1.82) is 0 Å². The van der Waals surface area contributed by atoms with Crippen LogP contribution in [0.25, 0.3) is 6.08 Å². The third-order valence-corrected chi connectivity index (χ3v) is 4.89. The Morgan fingerprint density at radius 1 is 0.957 bits per heavy atom. The molecule has 1 amide bonds. The van der Waals surface area contributed by atoms with Gasteiger partial charge in [-0.2, -0.15) is 0 Å². The Morgan fingerprint density at radius 2 is 1.61 bits per heavy atom. The van der Waals surface area contributed by atoms with Gasteiger partial charge in [-0.1, -0.05) is 53.0 Å². The topological polar surface area (TPSA) is 41.5 Å². The van der Waals surface area contributed by atoms with Crippen LogP contribution in [0.2, 0.25) is 15.1 Å². The van der Waals surface area contributed by atoms with E-state index in [1.54, 1.807) is 36.4 Å². The molecule has 0 aromatic heterocycles. The number of nitrogens with one attached hydrogen (secondary N) is 1. The standard InChI is InChI=1S/C16H9Cl3N2OS/c17-10-5-3-6-11(18)9(10)8-14-15(22)21-16(23-14)20-13-7-2-1-4-12(13)19/h1-8H,(H,20,21,22)/b14-8-. The van der Waals surface area contributed by atoms with Crippen molar-refractivity contribution in [3.05, 3.63) is 68.0 Å². The van der Waals surface area contributed by atoms with Crippen molar-refractivity contribution in [2.75, 3.05) is 0 Å². The van der Waals surface area contributed by atoms with Gasteiger partial charge in [0.05, 0.1) is 15.6 Å². The number of rotatable bonds is 2. The molecule has 7 heteroatoms. The van der Waals surface area contributed by atoms with Crippen LogP contribution in [0.15, 0.2) is 52.4 Å². The first-order valence-electron chi connectivity index (χ1n) is 6.53. The minimum Gasteiger partial charge on any atom is -0.300 e. The summed E-state index contributed by atoms with van der Waals surface area (Å²) in [7, 11) is 0. The molecule has 1 aliphatic heterocycles. The summed E-state index contributed by atoms with van der Waals surface area (Å²) in [5, 5.41) is 4.63. The lowest BCUT2D eigenvalue weighted by Gasteiger charge is -2.01. The minimum atomic E-state index is -0.253. The molecule has 0 atom stereocenters. The van der Waals surface area contributed by atoms with Crippen LogP contribution in [0.4, 0.5) is 5.69 Å². The van der Waals surface area contributed by atoms with Crippen LogP contribution >= 0.6 is 46.6 Å². The summed E-state index contributed by atoms with van der Waals surface area (Å²) < 4.78 is 0. The molecule has 0 saturated carbocycles. The Bertz CT molecular complexity index is 829. The number of aliphatic imine (C=N–C) groups is 1. The molecule has 2 aromatic carbocycles. The van der Waals surface area contributed by atoms with Crippen molar-refractivity contribution in [3.63, 3.8) is 0 Å². The molecule has 23 heavy (non-hydrogen) atoms. The summed E-state index contributed by atoms with van der Waals surface area (Å²) in [6.07, 6.45) is 1.65. The van der Waals surface area contributed by atoms with Crippen LogP contribution < -0.4 is 5.32 Å². The molecule has 0 aliphatic carbocycles. The van der Waals surface area contributed by atoms with Gasteiger partial charge in [0.2, 0.25) is 0 Å². The smallest absolute Gasteiger partial charge is 0.264 e. The zero-order valence-electron chi connectivity index (χ0n) is 11.5. The first-order valence-corrected chi connectivity index (χ1v) is 8.48. The average molecular weight is 384 g/mol. The molecule has 1 fully saturated rings. The van der Waals surface area contributed by atoms with Crippen molar-refractivity contribution in [2.45, 2.75) is 0 Å². The van der Waals surface area contributed by atoms with Crippen LogP contribution in [-0.2, 0) is 4.79 Å². The average Bonchev–Trinajstić information content (AvgIpc) is 2.85. The van der Waals surface area contributed by atoms with Gasteiger partial charge in [-0.25, -0.2) is 4.99 Å². The number of hydrogen-bond acceptors (Lipinski definition) is 3. The second-order valence-electron chi connectivity index (χ2n) is 4.57. The molecule has 1 N–H and O–H groups in total. The van der Waals surface area contributed by atoms with Crippen molar-refractivity contribution < 1.29 is 4.79 Å². The maximum atomic E-state index is 12.1. The number of nitrogens with zero attached hydrogens (tertiary/aromatic N) is 1. The SMILES string of the molecule is O=C1NC(=Nc2ccccc2Cl)S/C1=C\c1c(Cl)cccc1Cl. The third-order valence-electron chi connectivity index (χ3n) is 3.00. The van der Waals surface area contributed by atoms with E-state index in [1.165, 1.54) is 11.8 Å². The van der Waals surface area contributed by atoms with Gasteiger partial charge in [-0.3, -0.25) is 4.79 Å². The van der Waals surface area contributed by atoms with E-state index in [-0.39, 0.29) is 5.91 Å². The van der Waals surface area contributed by atoms with Crippen molar-refractivity contribution in [3.8, 4) is 0 Å². The fraction of sp³-hybridized carbons (Fsp3) is 0. The van der Waals surface area contributed by atoms with E-state index in [0.29, 0.717) is 36.4 Å². The van der Waals surface area contributed by atoms with Crippen LogP contribution in [0.5, 0.6) is 0 Å². The molecule has 0 unspecified atom stereocenters. The van der Waals surface area contributed by atoms with Gasteiger partial charge in [-0.05, 0) is 42.1 Å². The highest BCUT2D eigenvalue weighted by Gasteiger charge is 2.24. The van der Waals surface area contributed by atoms with Gasteiger partial charge in [0.1, 0.15) is 0 Å². The summed E-state index contributed by atoms with van der Waals surface area (Å²) in [4.78, 5) is 16.9. The predicted octanol–water partition coefficient (Wildman–Crippen LogP) is 5.54. The minimum absolute atomic E-state index is 0.253. The van der Waals surface area contributed by atoms with E-state index >= 15 is 0 Å². The number of amides is 1. The number of halogens is 3. The van der Waals surface area contributed by atoms with E-state index in [2.05, 4.69) is 10.3 Å². The summed E-state index contributed by atoms with van der Waals surface area (Å²) in [5.74, 6) is -0.253. The Hall–Kier alpha value is -1.46. The number of hydrogen-bond donors (Lipinski definition) is 1. The van der Waals surface area contributed by atoms with E-state index in [9.17, 15) is 4.79 Å². The normalized spacial score (nSPS) is 17.8. The maximum absolute atomic E-state index is 12.1. The van der Waals surface area contributed by atoms with Gasteiger partial charge in [0.25, 0.3) is 5.91 Å². The zero-order chi connectivity index (χ0) is 16.4. The number of para-hydroxylation sites is 1. The Balaban J connectivity index is 1.91. The van der Waals surface area contributed by atoms with Gasteiger partial charge in [0.15, 0.2) is 5.17 Å². The quantitative estimate of drug-likeness (QED) is 0.692. The molecule has 3 rings (SSSR count). The third kappa shape index (κ3) is 3.72. The van der Waals surface area contributed by atoms with Crippen molar-refractivity contribution in [2.24, 2.45) is 4.99 Å². The van der Waals surface area contributed by atoms with Gasteiger partial charge < -0.3 is 5.32 Å². The molecule has 0 spiro atoms. The van der Waals surface area contributed by atoms with Crippen LogP contribution in [0.1, 0.15) is 5.56 Å². The van der Waals surface area contributed by atoms with Gasteiger partial charge >= 0.3 is 0 Å². The Labute approximate surface area is 152 Å². The molecule has 1 aliphatic rings. The van der Waals surface area contributed by atoms with Crippen LogP contribution in [0.3, 0.4) is 0 Å². The molecule has 0 bridgehead atoms. The molecule has 3 nitrogen and oxygen atoms in total. The summed E-state index contributed by atoms with van der Waals surface area (Å²) in [6, 6.07) is 12.3. The monoisotopic (exact) mass is 382 g/mol. The maximum Gasteiger partial charge on any atom is 0.264 e. The van der Waals surface area contributed by atoms with Crippen molar-refractivity contribution >= 4 is 69.4 Å². The van der Waals surface area contributed by atoms with E-state index in [0.717, 1.165) is 0 Å². The summed E-state index contributed by atoms with van der Waals surface area (Å²) >= 11 is 19.5. The largest absolute Gasteiger partial charge is 0.300 e. The summed E-state index contributed by atoms with van der Waals surface area (Å²) in [5.41, 5.74) is 1.20. The number of thioether (sulfide) groups is 1. The molecular formula is C16H9Cl3N2OS. The summed E-state index contributed by atoms with van der Waals surface area (Å²) in [6.45, 7) is 0. The first-order chi connectivity index (χ1) is 11.0.